The van der Waals surface area contributed by atoms with Crippen LogP contribution in [0.2, 0.25) is 0 Å². The van der Waals surface area contributed by atoms with Crippen molar-refractivity contribution < 1.29 is 13.2 Å². The van der Waals surface area contributed by atoms with E-state index in [0.29, 0.717) is 12.8 Å². The molecule has 5 heteroatoms. The second-order valence-electron chi connectivity index (χ2n) is 5.86. The predicted octanol–water partition coefficient (Wildman–Crippen LogP) is 3.63. The number of halogens is 3. The third-order valence-corrected chi connectivity index (χ3v) is 4.20. The molecule has 2 nitrogen and oxygen atoms in total. The van der Waals surface area contributed by atoms with Gasteiger partial charge in [0.2, 0.25) is 0 Å². The zero-order valence-electron chi connectivity index (χ0n) is 11.7. The van der Waals surface area contributed by atoms with Crippen LogP contribution in [0.25, 0.3) is 0 Å². The molecule has 1 fully saturated rings. The van der Waals surface area contributed by atoms with Gasteiger partial charge < -0.3 is 5.73 Å². The number of nitrogens with zero attached hydrogens (tertiary/aromatic N) is 1. The molecule has 3 unspecified atom stereocenters. The Morgan fingerprint density at radius 1 is 1.35 bits per heavy atom. The van der Waals surface area contributed by atoms with Gasteiger partial charge in [0.05, 0.1) is 5.92 Å². The van der Waals surface area contributed by atoms with Crippen LogP contribution in [-0.4, -0.2) is 17.2 Å². The Kier molecular flexibility index (Phi) is 4.68. The van der Waals surface area contributed by atoms with Crippen molar-refractivity contribution in [1.29, 1.82) is 0 Å². The summed E-state index contributed by atoms with van der Waals surface area (Å²) in [6, 6.07) is 3.61. The molecule has 0 saturated heterocycles. The maximum atomic E-state index is 12.8. The second kappa shape index (κ2) is 6.12. The van der Waals surface area contributed by atoms with Gasteiger partial charge in [-0.1, -0.05) is 12.5 Å². The minimum absolute atomic E-state index is 0.0570. The fourth-order valence-electron chi connectivity index (χ4n) is 2.94. The van der Waals surface area contributed by atoms with E-state index in [1.54, 1.807) is 6.20 Å². The van der Waals surface area contributed by atoms with Gasteiger partial charge in [-0.2, -0.15) is 13.2 Å². The molecule has 0 aliphatic heterocycles. The molecule has 1 aliphatic rings. The normalized spacial score (nSPS) is 25.4. The molecule has 20 heavy (non-hydrogen) atoms. The maximum Gasteiger partial charge on any atom is 0.391 e. The Morgan fingerprint density at radius 2 is 2.10 bits per heavy atom. The third kappa shape index (κ3) is 3.95. The van der Waals surface area contributed by atoms with Crippen LogP contribution in [0, 0.1) is 18.8 Å². The van der Waals surface area contributed by atoms with Crippen molar-refractivity contribution in [3.8, 4) is 0 Å². The molecule has 1 saturated carbocycles. The fourth-order valence-corrected chi connectivity index (χ4v) is 2.94. The van der Waals surface area contributed by atoms with Crippen molar-refractivity contribution >= 4 is 0 Å². The van der Waals surface area contributed by atoms with E-state index in [0.717, 1.165) is 17.7 Å². The van der Waals surface area contributed by atoms with Crippen LogP contribution < -0.4 is 5.73 Å². The van der Waals surface area contributed by atoms with Gasteiger partial charge >= 0.3 is 6.18 Å². The first-order valence-electron chi connectivity index (χ1n) is 7.10. The number of hydrogen-bond acceptors (Lipinski definition) is 2. The van der Waals surface area contributed by atoms with Gasteiger partial charge in [0.1, 0.15) is 0 Å². The minimum atomic E-state index is -4.08. The molecule has 0 aromatic carbocycles. The summed E-state index contributed by atoms with van der Waals surface area (Å²) in [6.45, 7) is 1.95. The molecule has 0 amide bonds. The van der Waals surface area contributed by atoms with Gasteiger partial charge in [-0.05, 0) is 43.7 Å². The number of alkyl halides is 3. The van der Waals surface area contributed by atoms with E-state index >= 15 is 0 Å². The SMILES string of the molecule is Cc1ccc(CC(N)C2CCCC(C(F)(F)F)C2)nc1. The highest BCUT2D eigenvalue weighted by Gasteiger charge is 2.43. The van der Waals surface area contributed by atoms with Crippen molar-refractivity contribution in [2.75, 3.05) is 0 Å². The Hall–Kier alpha value is -1.10. The lowest BCUT2D eigenvalue weighted by atomic mass is 9.76. The van der Waals surface area contributed by atoms with Crippen molar-refractivity contribution in [2.24, 2.45) is 17.6 Å². The molecule has 1 heterocycles. The zero-order chi connectivity index (χ0) is 14.8. The van der Waals surface area contributed by atoms with Gasteiger partial charge in [0, 0.05) is 24.4 Å². The molecule has 1 aliphatic carbocycles. The van der Waals surface area contributed by atoms with Crippen LogP contribution in [-0.2, 0) is 6.42 Å². The van der Waals surface area contributed by atoms with Gasteiger partial charge in [-0.3, -0.25) is 4.98 Å². The van der Waals surface area contributed by atoms with E-state index in [-0.39, 0.29) is 24.8 Å². The van der Waals surface area contributed by atoms with Gasteiger partial charge in [0.25, 0.3) is 0 Å². The number of nitrogens with two attached hydrogens (primary N) is 1. The maximum absolute atomic E-state index is 12.8. The van der Waals surface area contributed by atoms with Crippen molar-refractivity contribution in [1.82, 2.24) is 4.98 Å². The van der Waals surface area contributed by atoms with Crippen molar-refractivity contribution in [2.45, 2.75) is 51.2 Å². The molecule has 2 N–H and O–H groups in total. The first-order chi connectivity index (χ1) is 9.36. The van der Waals surface area contributed by atoms with E-state index in [9.17, 15) is 13.2 Å². The van der Waals surface area contributed by atoms with Crippen LogP contribution in [0.1, 0.15) is 36.9 Å². The lowest BCUT2D eigenvalue weighted by Gasteiger charge is -2.33. The Morgan fingerprint density at radius 3 is 2.70 bits per heavy atom. The molecule has 112 valence electrons. The third-order valence-electron chi connectivity index (χ3n) is 4.20. The molecule has 0 bridgehead atoms. The predicted molar refractivity (Wildman–Crippen MR) is 72.2 cm³/mol. The average Bonchev–Trinajstić information content (AvgIpc) is 2.40. The zero-order valence-corrected chi connectivity index (χ0v) is 11.7. The summed E-state index contributed by atoms with van der Waals surface area (Å²) in [5.41, 5.74) is 8.04. The van der Waals surface area contributed by atoms with E-state index in [1.165, 1.54) is 0 Å². The number of pyridine rings is 1. The number of rotatable bonds is 3. The van der Waals surface area contributed by atoms with E-state index in [2.05, 4.69) is 4.98 Å². The molecular weight excluding hydrogens is 265 g/mol. The topological polar surface area (TPSA) is 38.9 Å². The summed E-state index contributed by atoms with van der Waals surface area (Å²) in [6.07, 6.45) is 0.0486. The van der Waals surface area contributed by atoms with Crippen LogP contribution in [0.3, 0.4) is 0 Å². The number of hydrogen-bond donors (Lipinski definition) is 1. The molecule has 0 radical (unpaired) electrons. The Bertz CT molecular complexity index is 428. The lowest BCUT2D eigenvalue weighted by Crippen LogP contribution is -2.39. The highest BCUT2D eigenvalue weighted by Crippen LogP contribution is 2.40. The first-order valence-corrected chi connectivity index (χ1v) is 7.10. The van der Waals surface area contributed by atoms with Gasteiger partial charge in [0.15, 0.2) is 0 Å². The van der Waals surface area contributed by atoms with Crippen LogP contribution in [0.15, 0.2) is 18.3 Å². The van der Waals surface area contributed by atoms with E-state index < -0.39 is 12.1 Å². The molecule has 3 atom stereocenters. The smallest absolute Gasteiger partial charge is 0.327 e. The molecule has 2 rings (SSSR count). The summed E-state index contributed by atoms with van der Waals surface area (Å²) >= 11 is 0. The quantitative estimate of drug-likeness (QED) is 0.921. The van der Waals surface area contributed by atoms with E-state index in [1.807, 2.05) is 19.1 Å². The molecule has 1 aromatic rings. The monoisotopic (exact) mass is 286 g/mol. The average molecular weight is 286 g/mol. The Balaban J connectivity index is 1.95. The summed E-state index contributed by atoms with van der Waals surface area (Å²) in [7, 11) is 0. The molecular formula is C15H21F3N2. The van der Waals surface area contributed by atoms with E-state index in [4.69, 9.17) is 5.73 Å². The fraction of sp³-hybridized carbons (Fsp3) is 0.667. The van der Waals surface area contributed by atoms with Crippen LogP contribution in [0.4, 0.5) is 13.2 Å². The second-order valence-corrected chi connectivity index (χ2v) is 5.86. The van der Waals surface area contributed by atoms with Crippen molar-refractivity contribution in [3.05, 3.63) is 29.6 Å². The van der Waals surface area contributed by atoms with Crippen molar-refractivity contribution in [3.63, 3.8) is 0 Å². The number of aromatic nitrogens is 1. The summed E-state index contributed by atoms with van der Waals surface area (Å²) in [5.74, 6) is -1.24. The highest BCUT2D eigenvalue weighted by molar-refractivity contribution is 5.13. The molecule has 0 spiro atoms. The first kappa shape index (κ1) is 15.3. The van der Waals surface area contributed by atoms with Crippen LogP contribution >= 0.6 is 0 Å². The molecule has 1 aromatic heterocycles. The number of aryl methyl sites for hydroxylation is 1. The largest absolute Gasteiger partial charge is 0.391 e. The summed E-state index contributed by atoms with van der Waals surface area (Å²) < 4.78 is 38.4. The van der Waals surface area contributed by atoms with Crippen LogP contribution in [0.5, 0.6) is 0 Å². The summed E-state index contributed by atoms with van der Waals surface area (Å²) in [5, 5.41) is 0. The Labute approximate surface area is 117 Å². The lowest BCUT2D eigenvalue weighted by molar-refractivity contribution is -0.186. The standard InChI is InChI=1S/C15H21F3N2/c1-10-5-6-13(20-9-10)8-14(19)11-3-2-4-12(7-11)15(16,17)18/h5-6,9,11-12,14H,2-4,7-8,19H2,1H3. The minimum Gasteiger partial charge on any atom is -0.327 e. The van der Waals surface area contributed by atoms with Gasteiger partial charge in [-0.25, -0.2) is 0 Å². The highest BCUT2D eigenvalue weighted by atomic mass is 19.4. The van der Waals surface area contributed by atoms with Gasteiger partial charge in [-0.15, -0.1) is 0 Å². The summed E-state index contributed by atoms with van der Waals surface area (Å²) in [4.78, 5) is 4.28.